The van der Waals surface area contributed by atoms with E-state index in [-0.39, 0.29) is 0 Å². The van der Waals surface area contributed by atoms with E-state index < -0.39 is 0 Å². The lowest BCUT2D eigenvalue weighted by atomic mass is 10.1. The van der Waals surface area contributed by atoms with Gasteiger partial charge in [-0.3, -0.25) is 9.78 Å². The Morgan fingerprint density at radius 3 is 2.95 bits per heavy atom. The number of aromatic nitrogens is 4. The van der Waals surface area contributed by atoms with Crippen LogP contribution in [0.15, 0.2) is 0 Å². The number of hydrogen-bond donors (Lipinski definition) is 2. The first-order valence-corrected chi connectivity index (χ1v) is 6.55. The van der Waals surface area contributed by atoms with Crippen molar-refractivity contribution in [1.29, 1.82) is 5.26 Å². The predicted octanol–water partition coefficient (Wildman–Crippen LogP) is 2.18. The predicted molar refractivity (Wildman–Crippen MR) is 72.0 cm³/mol. The van der Waals surface area contributed by atoms with Gasteiger partial charge < -0.3 is 5.32 Å². The van der Waals surface area contributed by atoms with Crippen molar-refractivity contribution in [3.8, 4) is 17.5 Å². The van der Waals surface area contributed by atoms with Crippen LogP contribution in [0.25, 0.3) is 11.4 Å². The quantitative estimate of drug-likeness (QED) is 0.881. The molecular formula is C12H13ClN6. The molecule has 0 saturated carbocycles. The number of anilines is 1. The summed E-state index contributed by atoms with van der Waals surface area (Å²) in [6, 6.07) is 2.14. The van der Waals surface area contributed by atoms with E-state index in [4.69, 9.17) is 11.6 Å². The summed E-state index contributed by atoms with van der Waals surface area (Å²) >= 11 is 6.39. The van der Waals surface area contributed by atoms with Crippen LogP contribution in [0.3, 0.4) is 0 Å². The molecule has 0 bridgehead atoms. The molecule has 0 spiro atoms. The molecule has 7 heteroatoms. The summed E-state index contributed by atoms with van der Waals surface area (Å²) in [7, 11) is 1.73. The number of nitrogens with one attached hydrogen (secondary N) is 2. The topological polar surface area (TPSA) is 82.3 Å². The first kappa shape index (κ1) is 12.1. The summed E-state index contributed by atoms with van der Waals surface area (Å²) in [6.07, 6.45) is 3.16. The normalized spacial score (nSPS) is 13.9. The number of halogens is 1. The highest BCUT2D eigenvalue weighted by Gasteiger charge is 2.24. The van der Waals surface area contributed by atoms with Gasteiger partial charge in [-0.15, -0.1) is 0 Å². The third-order valence-corrected chi connectivity index (χ3v) is 3.78. The van der Waals surface area contributed by atoms with Crippen LogP contribution >= 0.6 is 11.6 Å². The highest BCUT2D eigenvalue weighted by atomic mass is 35.5. The lowest BCUT2D eigenvalue weighted by Gasteiger charge is -2.12. The van der Waals surface area contributed by atoms with Gasteiger partial charge in [0.05, 0.1) is 10.7 Å². The molecule has 0 atom stereocenters. The summed E-state index contributed by atoms with van der Waals surface area (Å²) in [5, 5.41) is 24.2. The zero-order chi connectivity index (χ0) is 13.4. The average molecular weight is 277 g/mol. The van der Waals surface area contributed by atoms with Crippen LogP contribution in [0, 0.1) is 11.3 Å². The van der Waals surface area contributed by atoms with Crippen LogP contribution in [-0.4, -0.2) is 27.0 Å². The van der Waals surface area contributed by atoms with Crippen LogP contribution in [0.4, 0.5) is 5.82 Å². The Kier molecular flexibility index (Phi) is 2.91. The van der Waals surface area contributed by atoms with E-state index >= 15 is 0 Å². The van der Waals surface area contributed by atoms with Crippen molar-refractivity contribution < 1.29 is 0 Å². The number of aromatic amines is 1. The lowest BCUT2D eigenvalue weighted by molar-refractivity contribution is 0.487. The number of H-pyrrole nitrogens is 1. The van der Waals surface area contributed by atoms with Crippen LogP contribution in [-0.2, 0) is 13.0 Å². The van der Waals surface area contributed by atoms with Crippen molar-refractivity contribution in [3.05, 3.63) is 16.3 Å². The van der Waals surface area contributed by atoms with Gasteiger partial charge in [-0.2, -0.15) is 15.5 Å². The molecule has 6 nitrogen and oxygen atoms in total. The second-order valence-corrected chi connectivity index (χ2v) is 4.85. The first-order chi connectivity index (χ1) is 9.26. The van der Waals surface area contributed by atoms with Crippen LogP contribution in [0.5, 0.6) is 0 Å². The second kappa shape index (κ2) is 4.59. The van der Waals surface area contributed by atoms with Crippen molar-refractivity contribution >= 4 is 17.4 Å². The Morgan fingerprint density at radius 2 is 2.26 bits per heavy atom. The number of fused-ring (bicyclic) bond motifs is 1. The first-order valence-electron chi connectivity index (χ1n) is 6.18. The van der Waals surface area contributed by atoms with E-state index in [0.29, 0.717) is 27.8 Å². The maximum Gasteiger partial charge on any atom is 0.140 e. The molecular weight excluding hydrogens is 264 g/mol. The molecule has 0 unspecified atom stereocenters. The lowest BCUT2D eigenvalue weighted by Crippen LogP contribution is -2.10. The van der Waals surface area contributed by atoms with Crippen molar-refractivity contribution in [2.24, 2.45) is 0 Å². The minimum absolute atomic E-state index is 0.444. The van der Waals surface area contributed by atoms with Crippen molar-refractivity contribution in [1.82, 2.24) is 20.0 Å². The van der Waals surface area contributed by atoms with Gasteiger partial charge in [0.15, 0.2) is 0 Å². The largest absolute Gasteiger partial charge is 0.372 e. The van der Waals surface area contributed by atoms with Crippen LogP contribution in [0.2, 0.25) is 5.02 Å². The van der Waals surface area contributed by atoms with Gasteiger partial charge in [0.25, 0.3) is 0 Å². The maximum absolute atomic E-state index is 9.25. The summed E-state index contributed by atoms with van der Waals surface area (Å²) in [5.74, 6) is 0.583. The van der Waals surface area contributed by atoms with Crippen molar-refractivity contribution in [2.45, 2.75) is 25.8 Å². The fourth-order valence-corrected chi connectivity index (χ4v) is 2.73. The van der Waals surface area contributed by atoms with E-state index in [1.165, 1.54) is 0 Å². The van der Waals surface area contributed by atoms with Gasteiger partial charge in [0.1, 0.15) is 28.8 Å². The summed E-state index contributed by atoms with van der Waals surface area (Å²) in [4.78, 5) is 0. The SMILES string of the molecule is CNc1[nH]nc(-c2nn3c(c2Cl)CCCC3)c1C#N. The fourth-order valence-electron chi connectivity index (χ4n) is 2.41. The Labute approximate surface area is 115 Å². The highest BCUT2D eigenvalue weighted by molar-refractivity contribution is 6.33. The zero-order valence-corrected chi connectivity index (χ0v) is 11.3. The maximum atomic E-state index is 9.25. The van der Waals surface area contributed by atoms with Gasteiger partial charge in [0.2, 0.25) is 0 Å². The van der Waals surface area contributed by atoms with E-state index in [2.05, 4.69) is 26.7 Å². The molecule has 0 radical (unpaired) electrons. The Morgan fingerprint density at radius 1 is 1.42 bits per heavy atom. The van der Waals surface area contributed by atoms with Gasteiger partial charge in [-0.1, -0.05) is 11.6 Å². The summed E-state index contributed by atoms with van der Waals surface area (Å²) < 4.78 is 1.93. The minimum atomic E-state index is 0.444. The van der Waals surface area contributed by atoms with Crippen LogP contribution < -0.4 is 5.32 Å². The standard InChI is InChI=1S/C12H13ClN6/c1-15-12-7(6-14)10(16-17-12)11-9(13)8-4-2-3-5-19(8)18-11/h2-5H2,1H3,(H2,15,16,17). The van der Waals surface area contributed by atoms with E-state index in [1.807, 2.05) is 4.68 Å². The van der Waals surface area contributed by atoms with Crippen LogP contribution in [0.1, 0.15) is 24.1 Å². The molecule has 98 valence electrons. The Balaban J connectivity index is 2.15. The second-order valence-electron chi connectivity index (χ2n) is 4.47. The van der Waals surface area contributed by atoms with E-state index in [1.54, 1.807) is 7.05 Å². The molecule has 1 aliphatic heterocycles. The highest BCUT2D eigenvalue weighted by Crippen LogP contribution is 2.34. The van der Waals surface area contributed by atoms with E-state index in [9.17, 15) is 5.26 Å². The van der Waals surface area contributed by atoms with Gasteiger partial charge >= 0.3 is 0 Å². The molecule has 2 aromatic heterocycles. The minimum Gasteiger partial charge on any atom is -0.372 e. The van der Waals surface area contributed by atoms with Gasteiger partial charge in [-0.05, 0) is 19.3 Å². The van der Waals surface area contributed by atoms with Crippen molar-refractivity contribution in [3.63, 3.8) is 0 Å². The molecule has 0 amide bonds. The Hall–Kier alpha value is -2.00. The van der Waals surface area contributed by atoms with Gasteiger partial charge in [0, 0.05) is 13.6 Å². The molecule has 0 aliphatic carbocycles. The summed E-state index contributed by atoms with van der Waals surface area (Å²) in [5.41, 5.74) is 2.59. The molecule has 1 aliphatic rings. The van der Waals surface area contributed by atoms with E-state index in [0.717, 1.165) is 31.5 Å². The molecule has 0 aromatic carbocycles. The number of aryl methyl sites for hydroxylation is 1. The molecule has 0 saturated heterocycles. The zero-order valence-electron chi connectivity index (χ0n) is 10.5. The number of nitriles is 1. The number of hydrogen-bond acceptors (Lipinski definition) is 4. The molecule has 3 rings (SSSR count). The molecule has 19 heavy (non-hydrogen) atoms. The Bertz CT molecular complexity index is 663. The third-order valence-electron chi connectivity index (χ3n) is 3.38. The third kappa shape index (κ3) is 1.78. The molecule has 0 fully saturated rings. The summed E-state index contributed by atoms with van der Waals surface area (Å²) in [6.45, 7) is 0.875. The van der Waals surface area contributed by atoms with Gasteiger partial charge in [-0.25, -0.2) is 0 Å². The number of rotatable bonds is 2. The molecule has 3 heterocycles. The fraction of sp³-hybridized carbons (Fsp3) is 0.417. The monoisotopic (exact) mass is 276 g/mol. The smallest absolute Gasteiger partial charge is 0.140 e. The average Bonchev–Trinajstić information content (AvgIpc) is 3.00. The molecule has 2 N–H and O–H groups in total. The number of nitrogens with zero attached hydrogens (tertiary/aromatic N) is 4. The molecule has 2 aromatic rings. The van der Waals surface area contributed by atoms with Crippen molar-refractivity contribution in [2.75, 3.05) is 12.4 Å².